The molecule has 2 aromatic heterocycles. The summed E-state index contributed by atoms with van der Waals surface area (Å²) in [5, 5.41) is 1.12. The highest BCUT2D eigenvalue weighted by Gasteiger charge is 2.16. The van der Waals surface area contributed by atoms with Crippen molar-refractivity contribution < 1.29 is 10.3 Å². The minimum absolute atomic E-state index is 0.520. The molecule has 0 unspecified atom stereocenters. The van der Waals surface area contributed by atoms with Gasteiger partial charge in [0.25, 0.3) is 0 Å². The van der Waals surface area contributed by atoms with Crippen LogP contribution in [0.5, 0.6) is 0 Å². The van der Waals surface area contributed by atoms with E-state index < -0.39 is 0 Å². The third-order valence-electron chi connectivity index (χ3n) is 6.04. The maximum absolute atomic E-state index is 6.31. The van der Waals surface area contributed by atoms with Crippen LogP contribution >= 0.6 is 11.9 Å². The number of benzene rings is 2. The Kier molecular flexibility index (Phi) is 8.39. The van der Waals surface area contributed by atoms with E-state index in [1.54, 1.807) is 24.5 Å². The summed E-state index contributed by atoms with van der Waals surface area (Å²) in [5.41, 5.74) is 13.3. The fourth-order valence-corrected chi connectivity index (χ4v) is 4.94. The molecule has 0 saturated carbocycles. The number of pyridine rings is 1. The monoisotopic (exact) mass is 479 g/mol. The lowest BCUT2D eigenvalue weighted by molar-refractivity contribution is -0.830. The Hall–Kier alpha value is -2.65. The van der Waals surface area contributed by atoms with Gasteiger partial charge in [-0.1, -0.05) is 37.6 Å². The first-order valence-electron chi connectivity index (χ1n) is 12.0. The largest absolute Gasteiger partial charge is 0.382 e. The topological polar surface area (TPSA) is 94.6 Å². The number of aromatic nitrogens is 3. The molecule has 0 bridgehead atoms. The molecule has 180 valence electrons. The second kappa shape index (κ2) is 11.7. The second-order valence-electron chi connectivity index (χ2n) is 8.57. The summed E-state index contributed by atoms with van der Waals surface area (Å²) in [6.07, 6.45) is 5.35. The van der Waals surface area contributed by atoms with Gasteiger partial charge in [-0.05, 0) is 50.3 Å². The summed E-state index contributed by atoms with van der Waals surface area (Å²) in [5.74, 6) is 1.64. The Morgan fingerprint density at radius 2 is 1.97 bits per heavy atom. The molecule has 0 fully saturated rings. The Morgan fingerprint density at radius 3 is 2.79 bits per heavy atom. The predicted molar refractivity (Wildman–Crippen MR) is 141 cm³/mol. The maximum atomic E-state index is 6.31. The molecule has 8 heteroatoms. The van der Waals surface area contributed by atoms with Crippen LogP contribution in [0.15, 0.2) is 47.4 Å². The van der Waals surface area contributed by atoms with Crippen molar-refractivity contribution in [3.63, 3.8) is 0 Å². The normalized spacial score (nSPS) is 11.6. The van der Waals surface area contributed by atoms with Crippen LogP contribution in [0.2, 0.25) is 0 Å². The quantitative estimate of drug-likeness (QED) is 0.118. The molecule has 2 aromatic carbocycles. The van der Waals surface area contributed by atoms with Crippen molar-refractivity contribution in [2.75, 3.05) is 19.4 Å². The van der Waals surface area contributed by atoms with E-state index in [1.807, 2.05) is 12.1 Å². The number of rotatable bonds is 12. The first-order valence-corrected chi connectivity index (χ1v) is 12.8. The van der Waals surface area contributed by atoms with E-state index in [1.165, 1.54) is 10.5 Å². The van der Waals surface area contributed by atoms with Crippen LogP contribution in [-0.2, 0) is 17.8 Å². The lowest BCUT2D eigenvalue weighted by atomic mass is 10.2. The van der Waals surface area contributed by atoms with Gasteiger partial charge < -0.3 is 10.3 Å². The number of hydrogen-bond donors (Lipinski definition) is 3. The molecule has 5 N–H and O–H groups in total. The first-order chi connectivity index (χ1) is 16.6. The molecule has 0 atom stereocenters. The van der Waals surface area contributed by atoms with Gasteiger partial charge in [-0.3, -0.25) is 4.72 Å². The van der Waals surface area contributed by atoms with Crippen LogP contribution in [0.1, 0.15) is 44.0 Å². The van der Waals surface area contributed by atoms with Crippen molar-refractivity contribution >= 4 is 45.4 Å². The average Bonchev–Trinajstić information content (AvgIpc) is 3.21. The van der Waals surface area contributed by atoms with E-state index >= 15 is 0 Å². The van der Waals surface area contributed by atoms with Gasteiger partial charge in [-0.25, -0.2) is 14.8 Å². The van der Waals surface area contributed by atoms with E-state index in [4.69, 9.17) is 15.6 Å². The highest BCUT2D eigenvalue weighted by Crippen LogP contribution is 2.29. The molecule has 0 saturated heterocycles. The highest BCUT2D eigenvalue weighted by atomic mass is 32.2. The van der Waals surface area contributed by atoms with E-state index in [0.29, 0.717) is 5.82 Å². The third-order valence-corrected chi connectivity index (χ3v) is 6.88. The number of para-hydroxylation sites is 1. The lowest BCUT2D eigenvalue weighted by Crippen LogP contribution is -2.76. The Morgan fingerprint density at radius 1 is 1.12 bits per heavy atom. The van der Waals surface area contributed by atoms with Crippen LogP contribution in [0.4, 0.5) is 11.5 Å². The molecule has 0 aliphatic carbocycles. The van der Waals surface area contributed by atoms with Crippen LogP contribution in [0.25, 0.3) is 21.9 Å². The van der Waals surface area contributed by atoms with E-state index in [9.17, 15) is 0 Å². The number of nitrogens with one attached hydrogen (secondary N) is 1. The minimum atomic E-state index is 0.520. The second-order valence-corrected chi connectivity index (χ2v) is 9.53. The number of unbranched alkanes of at least 4 members (excludes halogenated alkanes) is 2. The van der Waals surface area contributed by atoms with Crippen LogP contribution < -0.4 is 15.9 Å². The zero-order chi connectivity index (χ0) is 23.9. The van der Waals surface area contributed by atoms with Gasteiger partial charge in [-0.2, -0.15) is 5.48 Å². The molecule has 7 nitrogen and oxygen atoms in total. The number of quaternary nitrogens is 1. The van der Waals surface area contributed by atoms with Crippen LogP contribution in [-0.4, -0.2) is 28.2 Å². The summed E-state index contributed by atoms with van der Waals surface area (Å²) in [7, 11) is 1.68. The lowest BCUT2D eigenvalue weighted by Gasteiger charge is -2.11. The molecule has 0 spiro atoms. The van der Waals surface area contributed by atoms with Gasteiger partial charge in [-0.15, -0.1) is 0 Å². The van der Waals surface area contributed by atoms with E-state index in [0.717, 1.165) is 78.6 Å². The molecular formula is C26H35N6OS+. The Balaban J connectivity index is 1.42. The SMILES string of the molecule is CCCCc1nc2c(N)nc3ccccc3c2n1CCCCNSc1ccc(C)c([NH2+]OC)c1. The highest BCUT2D eigenvalue weighted by molar-refractivity contribution is 7.97. The first kappa shape index (κ1) is 24.5. The van der Waals surface area contributed by atoms with Gasteiger partial charge in [0.05, 0.1) is 18.1 Å². The zero-order valence-electron chi connectivity index (χ0n) is 20.3. The maximum Gasteiger partial charge on any atom is 0.166 e. The third kappa shape index (κ3) is 5.52. The number of anilines is 1. The van der Waals surface area contributed by atoms with Crippen LogP contribution in [0, 0.1) is 6.92 Å². The molecule has 0 amide bonds. The fraction of sp³-hybridized carbons (Fsp3) is 0.385. The van der Waals surface area contributed by atoms with Crippen molar-refractivity contribution in [3.05, 3.63) is 53.9 Å². The summed E-state index contributed by atoms with van der Waals surface area (Å²) >= 11 is 1.67. The molecule has 4 aromatic rings. The molecule has 2 heterocycles. The number of hydrogen-bond acceptors (Lipinski definition) is 6. The molecule has 0 aliphatic rings. The molecule has 34 heavy (non-hydrogen) atoms. The number of imidazole rings is 1. The minimum Gasteiger partial charge on any atom is -0.382 e. The smallest absolute Gasteiger partial charge is 0.166 e. The predicted octanol–water partition coefficient (Wildman–Crippen LogP) is 4.65. The number of aryl methyl sites for hydroxylation is 3. The molecule has 0 radical (unpaired) electrons. The van der Waals surface area contributed by atoms with Crippen molar-refractivity contribution in [2.24, 2.45) is 0 Å². The van der Waals surface area contributed by atoms with Gasteiger partial charge >= 0.3 is 0 Å². The molecular weight excluding hydrogens is 444 g/mol. The number of nitrogen functional groups attached to an aromatic ring is 1. The van der Waals surface area contributed by atoms with Gasteiger partial charge in [0, 0.05) is 41.4 Å². The van der Waals surface area contributed by atoms with Gasteiger partial charge in [0.15, 0.2) is 11.5 Å². The van der Waals surface area contributed by atoms with Crippen LogP contribution in [0.3, 0.4) is 0 Å². The average molecular weight is 480 g/mol. The zero-order valence-corrected chi connectivity index (χ0v) is 21.1. The van der Waals surface area contributed by atoms with Crippen molar-refractivity contribution in [2.45, 2.75) is 57.4 Å². The summed E-state index contributed by atoms with van der Waals surface area (Å²) in [6.45, 7) is 6.16. The van der Waals surface area contributed by atoms with Crippen molar-refractivity contribution in [3.8, 4) is 0 Å². The van der Waals surface area contributed by atoms with Crippen molar-refractivity contribution in [1.82, 2.24) is 19.3 Å². The number of nitrogens with two attached hydrogens (primary N) is 2. The Labute approximate surface area is 205 Å². The van der Waals surface area contributed by atoms with E-state index in [-0.39, 0.29) is 0 Å². The molecule has 4 rings (SSSR count). The van der Waals surface area contributed by atoms with E-state index in [2.05, 4.69) is 58.5 Å². The van der Waals surface area contributed by atoms with Crippen molar-refractivity contribution in [1.29, 1.82) is 0 Å². The summed E-state index contributed by atoms with van der Waals surface area (Å²) < 4.78 is 5.88. The fourth-order valence-electron chi connectivity index (χ4n) is 4.21. The summed E-state index contributed by atoms with van der Waals surface area (Å²) in [6, 6.07) is 14.6. The number of nitrogens with zero attached hydrogens (tertiary/aromatic N) is 3. The van der Waals surface area contributed by atoms with Gasteiger partial charge in [0.1, 0.15) is 11.3 Å². The standard InChI is InChI=1S/C26H34N6OS/c1-4-5-12-23-30-24-25(20-10-6-7-11-21(20)29-26(24)27)32(23)16-9-8-15-28-34-19-14-13-18(2)22(17-19)31-33-3/h6-7,10-11,13-14,17,28,31H,4-5,8-9,12,15-16H2,1-3H3,(H2,27,29)/p+1. The number of fused-ring (bicyclic) bond motifs is 3. The summed E-state index contributed by atoms with van der Waals surface area (Å²) in [4.78, 5) is 15.9. The van der Waals surface area contributed by atoms with Gasteiger partial charge in [0.2, 0.25) is 0 Å². The Bertz CT molecular complexity index is 1260. The molecule has 0 aliphatic heterocycles.